The maximum atomic E-state index is 9.51. The second kappa shape index (κ2) is 8.70. The minimum absolute atomic E-state index is 0. The number of rotatable bonds is 4. The lowest BCUT2D eigenvalue weighted by molar-refractivity contribution is -0.401. The van der Waals surface area contributed by atoms with Gasteiger partial charge in [-0.2, -0.15) is 4.58 Å². The number of nitrogens with zero attached hydrogens (tertiary/aromatic N) is 1. The maximum absolute atomic E-state index is 9.51. The van der Waals surface area contributed by atoms with E-state index in [1.807, 2.05) is 23.5 Å². The first-order valence-corrected chi connectivity index (χ1v) is 11.9. The summed E-state index contributed by atoms with van der Waals surface area (Å²) < 4.78 is 2.31. The van der Waals surface area contributed by atoms with Crippen LogP contribution in [0.15, 0.2) is 78.9 Å². The Hall–Kier alpha value is -2.66. The number of benzene rings is 2. The quantitative estimate of drug-likeness (QED) is 0.427. The van der Waals surface area contributed by atoms with Crippen LogP contribution in [0, 0.1) is 0 Å². The fraction of sp³-hybridized carbons (Fsp3) is 0.148. The third kappa shape index (κ3) is 3.95. The topological polar surface area (TPSA) is 23.2 Å². The first-order valence-electron chi connectivity index (χ1n) is 10.3. The fourth-order valence-electron chi connectivity index (χ4n) is 4.29. The van der Waals surface area contributed by atoms with E-state index < -0.39 is 0 Å². The van der Waals surface area contributed by atoms with Gasteiger partial charge >= 0.3 is 0 Å². The van der Waals surface area contributed by atoms with Crippen molar-refractivity contribution in [1.29, 1.82) is 0 Å². The van der Waals surface area contributed by atoms with Crippen molar-refractivity contribution in [1.82, 2.24) is 0 Å². The molecular weight excluding hydrogens is 454 g/mol. The Labute approximate surface area is 203 Å². The lowest BCUT2D eigenvalue weighted by Crippen LogP contribution is -3.00. The Kier molecular flexibility index (Phi) is 6.13. The van der Waals surface area contributed by atoms with Gasteiger partial charge < -0.3 is 17.5 Å². The summed E-state index contributed by atoms with van der Waals surface area (Å²) in [5, 5.41) is 9.51. The Morgan fingerprint density at radius 1 is 0.781 bits per heavy atom. The number of thiophene rings is 2. The van der Waals surface area contributed by atoms with Crippen molar-refractivity contribution in [2.45, 2.75) is 19.3 Å². The lowest BCUT2D eigenvalue weighted by atomic mass is 9.81. The summed E-state index contributed by atoms with van der Waals surface area (Å²) in [7, 11) is 2.16. The number of hydrogen-bond donors (Lipinski definition) is 1. The van der Waals surface area contributed by atoms with Gasteiger partial charge in [0, 0.05) is 37.2 Å². The molecule has 5 rings (SSSR count). The molecule has 5 heteroatoms. The average molecular weight is 478 g/mol. The molecule has 1 aliphatic rings. The van der Waals surface area contributed by atoms with Crippen molar-refractivity contribution in [3.63, 3.8) is 0 Å². The SMILES string of the molecule is C[N+]1=C(/C=C/c2ccc(-c3ccc(-c4ccc(O)cc4)s3)s2)C(C)(C)c2ccccc21.[Cl-]. The molecule has 0 saturated heterocycles. The van der Waals surface area contributed by atoms with Crippen LogP contribution >= 0.6 is 22.7 Å². The standard InChI is InChI=1S/C27H23NOS2.ClH/c1-27(2)21-6-4-5-7-22(21)28(3)26(27)17-13-20-12-14-24(30-20)25-16-15-23(31-25)18-8-10-19(29)11-9-18;/h4-17H,1-3H3;1H. The van der Waals surface area contributed by atoms with Gasteiger partial charge in [0.2, 0.25) is 5.69 Å². The van der Waals surface area contributed by atoms with E-state index in [1.54, 1.807) is 23.5 Å². The van der Waals surface area contributed by atoms with Crippen LogP contribution in [0.1, 0.15) is 24.3 Å². The van der Waals surface area contributed by atoms with Crippen molar-refractivity contribution in [2.75, 3.05) is 7.05 Å². The summed E-state index contributed by atoms with van der Waals surface area (Å²) in [5.74, 6) is 0.298. The molecule has 0 fully saturated rings. The van der Waals surface area contributed by atoms with Gasteiger partial charge in [-0.1, -0.05) is 18.2 Å². The summed E-state index contributed by atoms with van der Waals surface area (Å²) >= 11 is 3.60. The van der Waals surface area contributed by atoms with Gasteiger partial charge in [0.05, 0.1) is 5.41 Å². The average Bonchev–Trinajstić information content (AvgIpc) is 3.47. The summed E-state index contributed by atoms with van der Waals surface area (Å²) in [6, 6.07) is 24.8. The third-order valence-corrected chi connectivity index (χ3v) is 8.35. The highest BCUT2D eigenvalue weighted by Gasteiger charge is 2.42. The van der Waals surface area contributed by atoms with Crippen LogP contribution in [0.2, 0.25) is 0 Å². The van der Waals surface area contributed by atoms with Gasteiger partial charge in [-0.05, 0) is 74.0 Å². The molecule has 0 spiro atoms. The van der Waals surface area contributed by atoms with Crippen molar-refractivity contribution in [2.24, 2.45) is 0 Å². The second-order valence-electron chi connectivity index (χ2n) is 8.33. The van der Waals surface area contributed by atoms with Gasteiger partial charge in [-0.25, -0.2) is 0 Å². The Morgan fingerprint density at radius 3 is 2.19 bits per heavy atom. The van der Waals surface area contributed by atoms with Crippen LogP contribution in [0.3, 0.4) is 0 Å². The molecule has 1 N–H and O–H groups in total. The molecule has 0 radical (unpaired) electrons. The number of aromatic hydroxyl groups is 1. The second-order valence-corrected chi connectivity index (χ2v) is 10.5. The molecule has 4 aromatic rings. The molecule has 32 heavy (non-hydrogen) atoms. The molecule has 2 aromatic heterocycles. The maximum Gasteiger partial charge on any atom is 0.209 e. The first kappa shape index (κ1) is 22.5. The van der Waals surface area contributed by atoms with E-state index in [1.165, 1.54) is 36.5 Å². The number of allylic oxidation sites excluding steroid dienone is 1. The van der Waals surface area contributed by atoms with E-state index >= 15 is 0 Å². The zero-order valence-corrected chi connectivity index (χ0v) is 20.6. The number of hydrogen-bond acceptors (Lipinski definition) is 3. The van der Waals surface area contributed by atoms with Crippen molar-refractivity contribution in [3.05, 3.63) is 89.3 Å². The van der Waals surface area contributed by atoms with E-state index in [0.29, 0.717) is 5.75 Å². The molecule has 3 heterocycles. The molecule has 1 aliphatic heterocycles. The fourth-order valence-corrected chi connectivity index (χ4v) is 6.30. The number of halogens is 1. The van der Waals surface area contributed by atoms with E-state index in [2.05, 4.69) is 86.2 Å². The summed E-state index contributed by atoms with van der Waals surface area (Å²) in [6.45, 7) is 4.59. The molecule has 0 amide bonds. The van der Waals surface area contributed by atoms with Gasteiger partial charge in [0.15, 0.2) is 5.71 Å². The van der Waals surface area contributed by atoms with Crippen molar-refractivity contribution < 1.29 is 22.1 Å². The van der Waals surface area contributed by atoms with Gasteiger partial charge in [0.1, 0.15) is 12.8 Å². The van der Waals surface area contributed by atoms with Crippen LogP contribution in [0.4, 0.5) is 5.69 Å². The van der Waals surface area contributed by atoms with E-state index in [0.717, 1.165) is 5.56 Å². The van der Waals surface area contributed by atoms with Gasteiger partial charge in [-0.15, -0.1) is 22.7 Å². The van der Waals surface area contributed by atoms with E-state index in [-0.39, 0.29) is 17.8 Å². The molecule has 0 unspecified atom stereocenters. The lowest BCUT2D eigenvalue weighted by Gasteiger charge is -2.15. The molecule has 0 aliphatic carbocycles. The molecular formula is C27H24ClNOS2. The predicted octanol–water partition coefficient (Wildman–Crippen LogP) is 4.57. The minimum Gasteiger partial charge on any atom is -1.00 e. The third-order valence-electron chi connectivity index (χ3n) is 5.97. The number of phenols is 1. The number of para-hydroxylation sites is 1. The van der Waals surface area contributed by atoms with Crippen LogP contribution in [-0.4, -0.2) is 22.4 Å². The Morgan fingerprint density at radius 2 is 1.44 bits per heavy atom. The van der Waals surface area contributed by atoms with Crippen molar-refractivity contribution in [3.8, 4) is 25.9 Å². The summed E-state index contributed by atoms with van der Waals surface area (Å²) in [5.41, 5.74) is 5.11. The van der Waals surface area contributed by atoms with E-state index in [9.17, 15) is 5.11 Å². The Balaban J connectivity index is 0.00000245. The molecule has 162 valence electrons. The monoisotopic (exact) mass is 477 g/mol. The van der Waals surface area contributed by atoms with Crippen LogP contribution in [0.5, 0.6) is 5.75 Å². The molecule has 2 aromatic carbocycles. The molecule has 0 atom stereocenters. The number of phenolic OH excluding ortho intramolecular Hbond substituents is 1. The highest BCUT2D eigenvalue weighted by atomic mass is 35.5. The Bertz CT molecular complexity index is 1330. The zero-order valence-electron chi connectivity index (χ0n) is 18.2. The van der Waals surface area contributed by atoms with Crippen LogP contribution in [-0.2, 0) is 5.41 Å². The van der Waals surface area contributed by atoms with E-state index in [4.69, 9.17) is 0 Å². The van der Waals surface area contributed by atoms with Crippen LogP contribution in [0.25, 0.3) is 26.3 Å². The van der Waals surface area contributed by atoms with Crippen LogP contribution < -0.4 is 12.4 Å². The van der Waals surface area contributed by atoms with Crippen molar-refractivity contribution >= 4 is 40.1 Å². The van der Waals surface area contributed by atoms with Gasteiger partial charge in [-0.3, -0.25) is 0 Å². The predicted molar refractivity (Wildman–Crippen MR) is 134 cm³/mol. The minimum atomic E-state index is -0.00525. The first-order chi connectivity index (χ1) is 14.9. The number of fused-ring (bicyclic) bond motifs is 1. The largest absolute Gasteiger partial charge is 1.00 e. The molecule has 0 bridgehead atoms. The summed E-state index contributed by atoms with van der Waals surface area (Å²) in [6.07, 6.45) is 4.51. The highest BCUT2D eigenvalue weighted by molar-refractivity contribution is 7.24. The molecule has 0 saturated carbocycles. The normalized spacial score (nSPS) is 14.6. The smallest absolute Gasteiger partial charge is 0.209 e. The van der Waals surface area contributed by atoms with Gasteiger partial charge in [0.25, 0.3) is 0 Å². The zero-order chi connectivity index (χ0) is 21.6. The highest BCUT2D eigenvalue weighted by Crippen LogP contribution is 2.40. The summed E-state index contributed by atoms with van der Waals surface area (Å²) in [4.78, 5) is 5.01. The molecule has 2 nitrogen and oxygen atoms in total.